The number of amides is 1. The van der Waals surface area contributed by atoms with Gasteiger partial charge in [0.1, 0.15) is 36.6 Å². The Balaban J connectivity index is 1.51. The molecule has 0 radical (unpaired) electrons. The van der Waals surface area contributed by atoms with Gasteiger partial charge in [-0.2, -0.15) is 0 Å². The number of oxime groups is 1. The molecule has 6 rings (SSSR count). The van der Waals surface area contributed by atoms with Crippen LogP contribution in [-0.2, 0) is 27.5 Å². The number of allylic oxidation sites excluding steroid dienone is 1. The number of aliphatic hydroxyl groups is 2. The quantitative estimate of drug-likeness (QED) is 0.0492. The van der Waals surface area contributed by atoms with E-state index in [-0.39, 0.29) is 75.3 Å². The molecule has 1 amide bonds. The number of carbonyl (C=O) groups excluding carboxylic acids is 1. The topological polar surface area (TPSA) is 162 Å². The summed E-state index contributed by atoms with van der Waals surface area (Å²) in [5, 5.41) is 35.7. The monoisotopic (exact) mass is 815 g/mol. The van der Waals surface area contributed by atoms with Crippen molar-refractivity contribution in [3.63, 3.8) is 0 Å². The number of nitro groups is 1. The first-order valence-electron chi connectivity index (χ1n) is 20.3. The van der Waals surface area contributed by atoms with Gasteiger partial charge in [0.25, 0.3) is 5.69 Å². The Kier molecular flexibility index (Phi) is 14.7. The molecule has 316 valence electrons. The van der Waals surface area contributed by atoms with Gasteiger partial charge in [-0.3, -0.25) is 10.1 Å². The number of aliphatic hydroxyl groups excluding tert-OH is 2. The molecule has 6 atom stereocenters. The Morgan fingerprint density at radius 3 is 2.51 bits per heavy atom. The summed E-state index contributed by atoms with van der Waals surface area (Å²) in [4.78, 5) is 32.0. The molecule has 1 saturated carbocycles. The van der Waals surface area contributed by atoms with Crippen LogP contribution in [0, 0.1) is 33.7 Å². The molecule has 1 fully saturated rings. The van der Waals surface area contributed by atoms with Gasteiger partial charge in [-0.1, -0.05) is 48.3 Å². The number of hydrogen-bond acceptors (Lipinski definition) is 11. The van der Waals surface area contributed by atoms with Crippen LogP contribution in [0.5, 0.6) is 11.5 Å². The summed E-state index contributed by atoms with van der Waals surface area (Å²) in [7, 11) is 1.65. The standard InChI is InChI=1S/C45H54FN3O10/c1-4-24-57-45-41(48(3)44(52)55-5-2)27-39(47-58-28-30-16-18-33(19-17-30)49(53)54)36-25-31(12-8-10-22-50)35(14-9-11-23-51)42(43(36)45)37-26-34(20-21-40(37)59-45)56-29-32-13-6-7-15-38(32)46/h4,6-7,13,15-21,25-26,31,35,41-43,50-51H,1,5,8-12,14,22-24,27-29H2,2-3H3. The molecule has 1 aliphatic heterocycles. The van der Waals surface area contributed by atoms with Crippen LogP contribution in [0.3, 0.4) is 0 Å². The van der Waals surface area contributed by atoms with E-state index in [4.69, 9.17) is 28.9 Å². The molecule has 3 aliphatic rings. The molecule has 0 saturated heterocycles. The van der Waals surface area contributed by atoms with Gasteiger partial charge in [0.05, 0.1) is 29.8 Å². The molecule has 3 aromatic rings. The number of nitrogens with zero attached hydrogens (tertiary/aromatic N) is 3. The maximum atomic E-state index is 14.7. The number of benzene rings is 3. The molecule has 2 aliphatic carbocycles. The van der Waals surface area contributed by atoms with Crippen molar-refractivity contribution in [2.75, 3.05) is 33.5 Å². The summed E-state index contributed by atoms with van der Waals surface area (Å²) >= 11 is 0. The van der Waals surface area contributed by atoms with Crippen molar-refractivity contribution in [3.8, 4) is 11.5 Å². The van der Waals surface area contributed by atoms with E-state index in [1.165, 1.54) is 23.1 Å². The summed E-state index contributed by atoms with van der Waals surface area (Å²) in [5.41, 5.74) is 3.34. The summed E-state index contributed by atoms with van der Waals surface area (Å²) in [6, 6.07) is 17.3. The van der Waals surface area contributed by atoms with Crippen LogP contribution >= 0.6 is 0 Å². The van der Waals surface area contributed by atoms with Gasteiger partial charge >= 0.3 is 6.09 Å². The molecular weight excluding hydrogens is 762 g/mol. The third-order valence-corrected chi connectivity index (χ3v) is 11.6. The third-order valence-electron chi connectivity index (χ3n) is 11.6. The highest BCUT2D eigenvalue weighted by molar-refractivity contribution is 6.02. The fraction of sp³-hybridized carbons (Fsp3) is 0.467. The van der Waals surface area contributed by atoms with Gasteiger partial charge < -0.3 is 38.9 Å². The van der Waals surface area contributed by atoms with Crippen LogP contribution in [0.1, 0.15) is 74.5 Å². The lowest BCUT2D eigenvalue weighted by Gasteiger charge is -2.59. The second-order valence-corrected chi connectivity index (χ2v) is 15.2. The van der Waals surface area contributed by atoms with Gasteiger partial charge in [0.2, 0.25) is 5.79 Å². The van der Waals surface area contributed by atoms with Gasteiger partial charge in [0.15, 0.2) is 0 Å². The minimum Gasteiger partial charge on any atom is -0.489 e. The van der Waals surface area contributed by atoms with Crippen LogP contribution in [0.15, 0.2) is 96.2 Å². The second kappa shape index (κ2) is 20.1. The number of halogens is 1. The van der Waals surface area contributed by atoms with Gasteiger partial charge in [0, 0.05) is 55.9 Å². The van der Waals surface area contributed by atoms with E-state index in [1.54, 1.807) is 56.4 Å². The highest BCUT2D eigenvalue weighted by atomic mass is 19.1. The second-order valence-electron chi connectivity index (χ2n) is 15.2. The zero-order valence-electron chi connectivity index (χ0n) is 33.7. The minimum atomic E-state index is -1.46. The lowest BCUT2D eigenvalue weighted by molar-refractivity contribution is -0.384. The highest BCUT2D eigenvalue weighted by Crippen LogP contribution is 2.61. The van der Waals surface area contributed by atoms with Crippen LogP contribution in [0.4, 0.5) is 14.9 Å². The van der Waals surface area contributed by atoms with Crippen molar-refractivity contribution in [3.05, 3.63) is 124 Å². The van der Waals surface area contributed by atoms with E-state index in [1.807, 2.05) is 12.1 Å². The molecule has 0 bridgehead atoms. The fourth-order valence-corrected chi connectivity index (χ4v) is 8.85. The number of rotatable bonds is 20. The van der Waals surface area contributed by atoms with Gasteiger partial charge in [-0.15, -0.1) is 6.58 Å². The smallest absolute Gasteiger partial charge is 0.409 e. The van der Waals surface area contributed by atoms with Crippen molar-refractivity contribution in [1.82, 2.24) is 4.90 Å². The Labute approximate surface area is 344 Å². The summed E-state index contributed by atoms with van der Waals surface area (Å²) in [6.07, 6.45) is 7.73. The summed E-state index contributed by atoms with van der Waals surface area (Å²) < 4.78 is 40.4. The molecule has 0 aromatic heterocycles. The Bertz CT molecular complexity index is 1990. The van der Waals surface area contributed by atoms with E-state index >= 15 is 0 Å². The first-order valence-corrected chi connectivity index (χ1v) is 20.3. The molecule has 2 N–H and O–H groups in total. The van der Waals surface area contributed by atoms with E-state index in [9.17, 15) is 29.5 Å². The Morgan fingerprint density at radius 1 is 1.07 bits per heavy atom. The predicted octanol–water partition coefficient (Wildman–Crippen LogP) is 8.24. The number of likely N-dealkylation sites (N-methyl/N-ethyl adjacent to an activating group) is 1. The first kappa shape index (κ1) is 43.3. The maximum absolute atomic E-state index is 14.7. The van der Waals surface area contributed by atoms with Crippen molar-refractivity contribution < 1.29 is 48.1 Å². The van der Waals surface area contributed by atoms with E-state index in [2.05, 4.69) is 12.7 Å². The third kappa shape index (κ3) is 9.61. The highest BCUT2D eigenvalue weighted by Gasteiger charge is 2.65. The SMILES string of the molecule is C=CCOC12Oc3ccc(OCc4ccccc4F)cc3C3C(CCCCO)C(CCCCO)C=C(C(=NOCc4ccc([N+](=O)[O-])cc4)CC1N(C)C(=O)OCC)C32. The zero-order valence-corrected chi connectivity index (χ0v) is 33.7. The number of unbranched alkanes of at least 4 members (excludes halogenated alkanes) is 2. The van der Waals surface area contributed by atoms with Crippen molar-refractivity contribution in [1.29, 1.82) is 0 Å². The summed E-state index contributed by atoms with van der Waals surface area (Å²) in [5.74, 6) is -1.62. The zero-order chi connectivity index (χ0) is 41.9. The Morgan fingerprint density at radius 2 is 1.81 bits per heavy atom. The van der Waals surface area contributed by atoms with Crippen LogP contribution in [-0.4, -0.2) is 77.1 Å². The number of hydrogen-bond donors (Lipinski definition) is 2. The van der Waals surface area contributed by atoms with E-state index in [0.29, 0.717) is 41.2 Å². The molecule has 6 unspecified atom stereocenters. The predicted molar refractivity (Wildman–Crippen MR) is 218 cm³/mol. The molecule has 1 heterocycles. The largest absolute Gasteiger partial charge is 0.489 e. The fourth-order valence-electron chi connectivity index (χ4n) is 8.85. The van der Waals surface area contributed by atoms with Gasteiger partial charge in [-0.25, -0.2) is 9.18 Å². The van der Waals surface area contributed by atoms with E-state index < -0.39 is 28.8 Å². The van der Waals surface area contributed by atoms with Crippen LogP contribution < -0.4 is 9.47 Å². The first-order chi connectivity index (χ1) is 28.6. The normalized spacial score (nSPS) is 23.6. The van der Waals surface area contributed by atoms with Crippen LogP contribution in [0.2, 0.25) is 0 Å². The molecule has 0 spiro atoms. The number of ether oxygens (including phenoxy) is 4. The van der Waals surface area contributed by atoms with Crippen LogP contribution in [0.25, 0.3) is 0 Å². The van der Waals surface area contributed by atoms with E-state index in [0.717, 1.165) is 36.8 Å². The maximum Gasteiger partial charge on any atom is 0.409 e. The summed E-state index contributed by atoms with van der Waals surface area (Å²) in [6.45, 7) is 6.08. The molecular formula is C45H54FN3O10. The van der Waals surface area contributed by atoms with Crippen molar-refractivity contribution in [2.45, 2.75) is 82.8 Å². The number of carbonyl (C=O) groups is 1. The lowest BCUT2D eigenvalue weighted by atomic mass is 9.55. The van der Waals surface area contributed by atoms with Crippen molar-refractivity contribution in [2.24, 2.45) is 22.9 Å². The number of non-ortho nitro benzene ring substituents is 1. The molecule has 59 heavy (non-hydrogen) atoms. The number of nitro benzene ring substituents is 1. The molecule has 13 nitrogen and oxygen atoms in total. The number of fused-ring (bicyclic) bond motifs is 2. The minimum absolute atomic E-state index is 0.00162. The molecule has 3 aromatic carbocycles. The molecule has 14 heteroatoms. The average Bonchev–Trinajstić information content (AvgIpc) is 3.24. The average molecular weight is 816 g/mol. The lowest BCUT2D eigenvalue weighted by Crippen LogP contribution is -2.69. The Hall–Kier alpha value is -5.31. The van der Waals surface area contributed by atoms with Gasteiger partial charge in [-0.05, 0) is 92.0 Å². The van der Waals surface area contributed by atoms with Crippen molar-refractivity contribution >= 4 is 17.5 Å².